The van der Waals surface area contributed by atoms with E-state index in [1.807, 2.05) is 0 Å². The zero-order valence-corrected chi connectivity index (χ0v) is 9.61. The van der Waals surface area contributed by atoms with Gasteiger partial charge in [0.05, 0.1) is 5.56 Å². The van der Waals surface area contributed by atoms with E-state index in [9.17, 15) is 13.2 Å². The van der Waals surface area contributed by atoms with Crippen LogP contribution in [0.5, 0.6) is 5.75 Å². The molecule has 1 aromatic carbocycles. The van der Waals surface area contributed by atoms with E-state index in [2.05, 4.69) is 11.8 Å². The van der Waals surface area contributed by atoms with E-state index in [0.29, 0.717) is 12.3 Å². The van der Waals surface area contributed by atoms with Gasteiger partial charge in [-0.2, -0.15) is 0 Å². The maximum Gasteiger partial charge on any atom is 0.272 e. The highest BCUT2D eigenvalue weighted by molar-refractivity contribution is 6.18. The monoisotopic (exact) mass is 262 g/mol. The fourth-order valence-electron chi connectivity index (χ4n) is 1.08. The maximum atomic E-state index is 13.0. The molecular weight excluding hydrogens is 253 g/mol. The highest BCUT2D eigenvalue weighted by Gasteiger charge is 2.07. The zero-order valence-electron chi connectivity index (χ0n) is 8.85. The van der Waals surface area contributed by atoms with Gasteiger partial charge in [0.15, 0.2) is 0 Å². The Hall–Kier alpha value is -1.34. The highest BCUT2D eigenvalue weighted by Crippen LogP contribution is 2.19. The molecular formula is C12H10ClF3O. The number of halogens is 4. The summed E-state index contributed by atoms with van der Waals surface area (Å²) in [4.78, 5) is 0. The molecule has 0 fully saturated rings. The van der Waals surface area contributed by atoms with Gasteiger partial charge in [-0.3, -0.25) is 0 Å². The van der Waals surface area contributed by atoms with Crippen molar-refractivity contribution in [2.45, 2.75) is 12.8 Å². The molecule has 0 N–H and O–H groups in total. The molecule has 0 spiro atoms. The Kier molecular flexibility index (Phi) is 5.71. The highest BCUT2D eigenvalue weighted by atomic mass is 35.5. The van der Waals surface area contributed by atoms with Crippen LogP contribution in [-0.2, 0) is 0 Å². The number of benzene rings is 1. The van der Waals surface area contributed by atoms with Crippen LogP contribution in [0, 0.1) is 17.7 Å². The minimum Gasteiger partial charge on any atom is -0.486 e. The molecule has 0 aromatic heterocycles. The molecule has 1 nitrogen and oxygen atoms in total. The van der Waals surface area contributed by atoms with Crippen molar-refractivity contribution in [1.29, 1.82) is 0 Å². The summed E-state index contributed by atoms with van der Waals surface area (Å²) >= 11 is 5.43. The summed E-state index contributed by atoms with van der Waals surface area (Å²) < 4.78 is 41.8. The van der Waals surface area contributed by atoms with Crippen molar-refractivity contribution in [3.8, 4) is 17.6 Å². The third-order valence-electron chi connectivity index (χ3n) is 1.75. The Balaban J connectivity index is 2.85. The SMILES string of the molecule is Fc1ccc(OCC(F)F)c(C#CCCCl)c1. The lowest BCUT2D eigenvalue weighted by molar-refractivity contribution is 0.0817. The van der Waals surface area contributed by atoms with E-state index in [0.717, 1.165) is 12.1 Å². The molecule has 0 radical (unpaired) electrons. The lowest BCUT2D eigenvalue weighted by atomic mass is 10.2. The van der Waals surface area contributed by atoms with Crippen LogP contribution < -0.4 is 4.74 Å². The molecule has 0 bridgehead atoms. The van der Waals surface area contributed by atoms with Crippen LogP contribution in [0.25, 0.3) is 0 Å². The van der Waals surface area contributed by atoms with Crippen molar-refractivity contribution in [1.82, 2.24) is 0 Å². The van der Waals surface area contributed by atoms with Crippen molar-refractivity contribution >= 4 is 11.6 Å². The van der Waals surface area contributed by atoms with Crippen molar-refractivity contribution < 1.29 is 17.9 Å². The molecule has 0 amide bonds. The van der Waals surface area contributed by atoms with Crippen LogP contribution in [0.15, 0.2) is 18.2 Å². The van der Waals surface area contributed by atoms with E-state index >= 15 is 0 Å². The fourth-order valence-corrected chi connectivity index (χ4v) is 1.18. The predicted molar refractivity (Wildman–Crippen MR) is 60.1 cm³/mol. The van der Waals surface area contributed by atoms with Gasteiger partial charge in [0.2, 0.25) is 0 Å². The standard InChI is InChI=1S/C12H10ClF3O/c13-6-2-1-3-9-7-10(14)4-5-11(9)17-8-12(15)16/h4-5,7,12H,2,6,8H2. The van der Waals surface area contributed by atoms with Gasteiger partial charge in [-0.1, -0.05) is 11.8 Å². The Bertz CT molecular complexity index is 423. The largest absolute Gasteiger partial charge is 0.486 e. The molecule has 0 saturated carbocycles. The van der Waals surface area contributed by atoms with E-state index in [-0.39, 0.29) is 11.3 Å². The van der Waals surface area contributed by atoms with Gasteiger partial charge in [-0.25, -0.2) is 13.2 Å². The number of alkyl halides is 3. The average Bonchev–Trinajstić information content (AvgIpc) is 2.28. The lowest BCUT2D eigenvalue weighted by Gasteiger charge is -2.07. The summed E-state index contributed by atoms with van der Waals surface area (Å²) in [6.07, 6.45) is -2.14. The molecule has 0 heterocycles. The third kappa shape index (κ3) is 5.01. The van der Waals surface area contributed by atoms with Gasteiger partial charge in [-0.05, 0) is 18.2 Å². The van der Waals surface area contributed by atoms with Gasteiger partial charge in [0.25, 0.3) is 6.43 Å². The molecule has 1 aromatic rings. The lowest BCUT2D eigenvalue weighted by Crippen LogP contribution is -2.08. The first-order chi connectivity index (χ1) is 8.13. The summed E-state index contributed by atoms with van der Waals surface area (Å²) in [5, 5.41) is 0. The van der Waals surface area contributed by atoms with Crippen molar-refractivity contribution in [3.63, 3.8) is 0 Å². The minimum atomic E-state index is -2.58. The van der Waals surface area contributed by atoms with Crippen LogP contribution in [0.4, 0.5) is 13.2 Å². The molecule has 5 heteroatoms. The van der Waals surface area contributed by atoms with Gasteiger partial charge in [-0.15, -0.1) is 11.6 Å². The molecule has 0 saturated heterocycles. The van der Waals surface area contributed by atoms with Crippen LogP contribution in [0.3, 0.4) is 0 Å². The van der Waals surface area contributed by atoms with Crippen molar-refractivity contribution in [2.24, 2.45) is 0 Å². The Labute approximate surface area is 103 Å². The second-order valence-electron chi connectivity index (χ2n) is 3.08. The molecule has 0 atom stereocenters. The van der Waals surface area contributed by atoms with Crippen LogP contribution in [0.1, 0.15) is 12.0 Å². The fraction of sp³-hybridized carbons (Fsp3) is 0.333. The smallest absolute Gasteiger partial charge is 0.272 e. The quantitative estimate of drug-likeness (QED) is 0.597. The summed E-state index contributed by atoms with van der Waals surface area (Å²) in [5.41, 5.74) is 0.246. The summed E-state index contributed by atoms with van der Waals surface area (Å²) in [6, 6.07) is 3.55. The van der Waals surface area contributed by atoms with E-state index in [1.54, 1.807) is 0 Å². The maximum absolute atomic E-state index is 13.0. The van der Waals surface area contributed by atoms with E-state index in [4.69, 9.17) is 16.3 Å². The average molecular weight is 263 g/mol. The molecule has 0 unspecified atom stereocenters. The number of hydrogen-bond donors (Lipinski definition) is 0. The first-order valence-electron chi connectivity index (χ1n) is 4.89. The van der Waals surface area contributed by atoms with E-state index < -0.39 is 18.8 Å². The van der Waals surface area contributed by atoms with Gasteiger partial charge in [0, 0.05) is 12.3 Å². The van der Waals surface area contributed by atoms with Crippen molar-refractivity contribution in [2.75, 3.05) is 12.5 Å². The third-order valence-corrected chi connectivity index (χ3v) is 1.94. The second kappa shape index (κ2) is 7.08. The normalized spacial score (nSPS) is 9.94. The second-order valence-corrected chi connectivity index (χ2v) is 3.46. The van der Waals surface area contributed by atoms with Crippen LogP contribution in [0.2, 0.25) is 0 Å². The van der Waals surface area contributed by atoms with Crippen LogP contribution >= 0.6 is 11.6 Å². The zero-order chi connectivity index (χ0) is 12.7. The van der Waals surface area contributed by atoms with Gasteiger partial charge in [0.1, 0.15) is 18.2 Å². The summed E-state index contributed by atoms with van der Waals surface area (Å²) in [5.74, 6) is 5.33. The first-order valence-corrected chi connectivity index (χ1v) is 5.42. The number of ether oxygens (including phenoxy) is 1. The minimum absolute atomic E-state index is 0.147. The van der Waals surface area contributed by atoms with Crippen molar-refractivity contribution in [3.05, 3.63) is 29.6 Å². The van der Waals surface area contributed by atoms with E-state index in [1.165, 1.54) is 6.07 Å². The molecule has 0 aliphatic heterocycles. The Morgan fingerprint density at radius 1 is 1.35 bits per heavy atom. The molecule has 92 valence electrons. The molecule has 0 aliphatic rings. The topological polar surface area (TPSA) is 9.23 Å². The van der Waals surface area contributed by atoms with Gasteiger partial charge >= 0.3 is 0 Å². The van der Waals surface area contributed by atoms with Crippen LogP contribution in [-0.4, -0.2) is 18.9 Å². The summed E-state index contributed by atoms with van der Waals surface area (Å²) in [6.45, 7) is -0.740. The molecule has 1 rings (SSSR count). The first kappa shape index (κ1) is 13.7. The Morgan fingerprint density at radius 2 is 2.12 bits per heavy atom. The summed E-state index contributed by atoms with van der Waals surface area (Å²) in [7, 11) is 0. The Morgan fingerprint density at radius 3 is 2.76 bits per heavy atom. The predicted octanol–water partition coefficient (Wildman–Crippen LogP) is 3.45. The number of rotatable bonds is 4. The number of hydrogen-bond acceptors (Lipinski definition) is 1. The molecule has 17 heavy (non-hydrogen) atoms. The molecule has 0 aliphatic carbocycles. The van der Waals surface area contributed by atoms with Gasteiger partial charge < -0.3 is 4.74 Å².